The molecule has 0 fully saturated rings. The highest BCUT2D eigenvalue weighted by atomic mass is 16.7. The van der Waals surface area contributed by atoms with Crippen LogP contribution in [0.15, 0.2) is 24.3 Å². The van der Waals surface area contributed by atoms with Crippen LogP contribution in [0, 0.1) is 10.1 Å². The summed E-state index contributed by atoms with van der Waals surface area (Å²) < 4.78 is 0. The van der Waals surface area contributed by atoms with Gasteiger partial charge in [-0.2, -0.15) is 0 Å². The lowest BCUT2D eigenvalue weighted by atomic mass is 10.1. The van der Waals surface area contributed by atoms with Crippen LogP contribution in [0.2, 0.25) is 0 Å². The van der Waals surface area contributed by atoms with Crippen LogP contribution in [0.1, 0.15) is 71.1 Å². The zero-order valence-corrected chi connectivity index (χ0v) is 15.7. The number of non-ortho nitro benzene ring substituents is 1. The maximum atomic E-state index is 11.6. The first-order valence-corrected chi connectivity index (χ1v) is 9.56. The van der Waals surface area contributed by atoms with E-state index in [1.165, 1.54) is 75.6 Å². The van der Waals surface area contributed by atoms with Crippen LogP contribution >= 0.6 is 0 Å². The molecule has 7 heteroatoms. The highest BCUT2D eigenvalue weighted by molar-refractivity contribution is 5.88. The Morgan fingerprint density at radius 2 is 1.50 bits per heavy atom. The summed E-state index contributed by atoms with van der Waals surface area (Å²) in [4.78, 5) is 26.8. The number of nitro benzene ring substituents is 1. The minimum Gasteiger partial charge on any atom is -0.306 e. The Labute approximate surface area is 155 Å². The van der Waals surface area contributed by atoms with Gasteiger partial charge in [0.2, 0.25) is 0 Å². The summed E-state index contributed by atoms with van der Waals surface area (Å²) in [5.41, 5.74) is 2.76. The molecule has 146 valence electrons. The van der Waals surface area contributed by atoms with Crippen LogP contribution in [0.25, 0.3) is 0 Å². The third kappa shape index (κ3) is 10.7. The van der Waals surface area contributed by atoms with Gasteiger partial charge in [-0.15, -0.1) is 0 Å². The number of hydrogen-bond donors (Lipinski definition) is 2. The second-order valence-corrected chi connectivity index (χ2v) is 6.39. The number of hydrogen-bond acceptors (Lipinski definition) is 4. The van der Waals surface area contributed by atoms with Crippen molar-refractivity contribution in [2.75, 3.05) is 11.9 Å². The Balaban J connectivity index is 1.96. The molecule has 0 bridgehead atoms. The van der Waals surface area contributed by atoms with E-state index in [-0.39, 0.29) is 5.69 Å². The maximum absolute atomic E-state index is 11.6. The molecule has 0 aromatic heterocycles. The average Bonchev–Trinajstić information content (AvgIpc) is 2.63. The van der Waals surface area contributed by atoms with E-state index in [2.05, 4.69) is 17.7 Å². The van der Waals surface area contributed by atoms with Gasteiger partial charge in [-0.1, -0.05) is 64.7 Å². The van der Waals surface area contributed by atoms with E-state index < -0.39 is 11.0 Å². The van der Waals surface area contributed by atoms with Gasteiger partial charge in [0, 0.05) is 17.8 Å². The molecule has 1 aromatic rings. The predicted molar refractivity (Wildman–Crippen MR) is 103 cm³/mol. The molecule has 0 heterocycles. The zero-order chi connectivity index (χ0) is 19.0. The molecule has 2 amide bonds. The smallest absolute Gasteiger partial charge is 0.306 e. The fraction of sp³-hybridized carbons (Fsp3) is 0.632. The quantitative estimate of drug-likeness (QED) is 0.256. The summed E-state index contributed by atoms with van der Waals surface area (Å²) in [6.45, 7) is 2.71. The van der Waals surface area contributed by atoms with E-state index in [1.807, 2.05) is 0 Å². The Hall–Kier alpha value is -2.15. The second-order valence-electron chi connectivity index (χ2n) is 6.39. The number of nitrogens with zero attached hydrogens (tertiary/aromatic N) is 1. The lowest BCUT2D eigenvalue weighted by Crippen LogP contribution is -2.29. The number of anilines is 1. The topological polar surface area (TPSA) is 93.5 Å². The second kappa shape index (κ2) is 14.1. The van der Waals surface area contributed by atoms with Crippen molar-refractivity contribution in [3.63, 3.8) is 0 Å². The van der Waals surface area contributed by atoms with E-state index in [9.17, 15) is 14.9 Å². The first-order valence-electron chi connectivity index (χ1n) is 9.56. The van der Waals surface area contributed by atoms with Gasteiger partial charge in [0.15, 0.2) is 0 Å². The largest absolute Gasteiger partial charge is 0.343 e. The molecule has 0 unspecified atom stereocenters. The number of hydroxylamine groups is 1. The summed E-state index contributed by atoms with van der Waals surface area (Å²) in [7, 11) is 0. The lowest BCUT2D eigenvalue weighted by molar-refractivity contribution is -0.384. The van der Waals surface area contributed by atoms with E-state index in [4.69, 9.17) is 4.84 Å². The molecule has 0 radical (unpaired) electrons. The first kappa shape index (κ1) is 21.9. The molecule has 0 atom stereocenters. The third-order valence-corrected chi connectivity index (χ3v) is 4.10. The number of amides is 2. The molecule has 0 spiro atoms. The van der Waals surface area contributed by atoms with Gasteiger partial charge in [-0.25, -0.2) is 10.3 Å². The Morgan fingerprint density at radius 1 is 0.962 bits per heavy atom. The normalized spacial score (nSPS) is 10.5. The van der Waals surface area contributed by atoms with Crippen LogP contribution < -0.4 is 10.8 Å². The number of urea groups is 1. The highest BCUT2D eigenvalue weighted by Gasteiger charge is 2.06. The van der Waals surface area contributed by atoms with Gasteiger partial charge < -0.3 is 5.32 Å². The SMILES string of the molecule is CCCCCCCCCCCCONC(=O)Nc1ccc([N+](=O)[O-])cc1. The lowest BCUT2D eigenvalue weighted by Gasteiger charge is -2.08. The van der Waals surface area contributed by atoms with Crippen molar-refractivity contribution in [3.8, 4) is 0 Å². The van der Waals surface area contributed by atoms with E-state index in [1.54, 1.807) is 0 Å². The molecule has 0 aliphatic carbocycles. The molecule has 0 aliphatic heterocycles. The minimum absolute atomic E-state index is 0.0202. The summed E-state index contributed by atoms with van der Waals surface area (Å²) >= 11 is 0. The average molecular weight is 365 g/mol. The molecule has 26 heavy (non-hydrogen) atoms. The Morgan fingerprint density at radius 3 is 2.04 bits per heavy atom. The van der Waals surface area contributed by atoms with Gasteiger partial charge in [-0.05, 0) is 18.6 Å². The van der Waals surface area contributed by atoms with Crippen LogP contribution in [0.3, 0.4) is 0 Å². The van der Waals surface area contributed by atoms with Gasteiger partial charge >= 0.3 is 6.03 Å². The number of unbranched alkanes of at least 4 members (excludes halogenated alkanes) is 9. The molecule has 0 saturated carbocycles. The fourth-order valence-corrected chi connectivity index (χ4v) is 2.60. The van der Waals surface area contributed by atoms with E-state index >= 15 is 0 Å². The van der Waals surface area contributed by atoms with Gasteiger partial charge in [-0.3, -0.25) is 15.0 Å². The molecule has 0 saturated heterocycles. The summed E-state index contributed by atoms with van der Waals surface area (Å²) in [5, 5.41) is 13.1. The van der Waals surface area contributed by atoms with E-state index in [0.29, 0.717) is 12.3 Å². The molecule has 1 aromatic carbocycles. The van der Waals surface area contributed by atoms with Crippen molar-refractivity contribution in [1.29, 1.82) is 0 Å². The molecule has 7 nitrogen and oxygen atoms in total. The van der Waals surface area contributed by atoms with E-state index in [0.717, 1.165) is 12.8 Å². The Kier molecular flexibility index (Phi) is 11.8. The van der Waals surface area contributed by atoms with Crippen LogP contribution in [-0.2, 0) is 4.84 Å². The van der Waals surface area contributed by atoms with Crippen molar-refractivity contribution >= 4 is 17.4 Å². The van der Waals surface area contributed by atoms with Crippen molar-refractivity contribution in [3.05, 3.63) is 34.4 Å². The summed E-state index contributed by atoms with van der Waals surface area (Å²) in [6, 6.07) is 5.12. The number of nitro groups is 1. The number of carbonyl (C=O) groups is 1. The van der Waals surface area contributed by atoms with Crippen LogP contribution in [-0.4, -0.2) is 17.6 Å². The summed E-state index contributed by atoms with van der Waals surface area (Å²) in [6.07, 6.45) is 12.5. The van der Waals surface area contributed by atoms with Crippen molar-refractivity contribution in [1.82, 2.24) is 5.48 Å². The number of carbonyl (C=O) groups excluding carboxylic acids is 1. The Bertz CT molecular complexity index is 520. The molecular formula is C19H31N3O4. The summed E-state index contributed by atoms with van der Waals surface area (Å²) in [5.74, 6) is 0. The maximum Gasteiger partial charge on any atom is 0.343 e. The number of nitrogens with one attached hydrogen (secondary N) is 2. The first-order chi connectivity index (χ1) is 12.6. The van der Waals surface area contributed by atoms with Crippen molar-refractivity contribution in [2.45, 2.75) is 71.1 Å². The van der Waals surface area contributed by atoms with Crippen LogP contribution in [0.5, 0.6) is 0 Å². The van der Waals surface area contributed by atoms with Gasteiger partial charge in [0.05, 0.1) is 11.5 Å². The van der Waals surface area contributed by atoms with Gasteiger partial charge in [0.1, 0.15) is 0 Å². The van der Waals surface area contributed by atoms with Crippen molar-refractivity contribution < 1.29 is 14.6 Å². The zero-order valence-electron chi connectivity index (χ0n) is 15.7. The number of benzene rings is 1. The molecule has 2 N–H and O–H groups in total. The molecule has 1 rings (SSSR count). The van der Waals surface area contributed by atoms with Crippen molar-refractivity contribution in [2.24, 2.45) is 0 Å². The third-order valence-electron chi connectivity index (χ3n) is 4.10. The number of rotatable bonds is 14. The fourth-order valence-electron chi connectivity index (χ4n) is 2.60. The standard InChI is InChI=1S/C19H31N3O4/c1-2-3-4-5-6-7-8-9-10-11-16-26-21-19(23)20-17-12-14-18(15-13-17)22(24)25/h12-15H,2-11,16H2,1H3,(H2,20,21,23). The minimum atomic E-state index is -0.495. The van der Waals surface area contributed by atoms with Gasteiger partial charge in [0.25, 0.3) is 5.69 Å². The predicted octanol–water partition coefficient (Wildman–Crippen LogP) is 5.57. The highest BCUT2D eigenvalue weighted by Crippen LogP contribution is 2.15. The van der Waals surface area contributed by atoms with Crippen LogP contribution in [0.4, 0.5) is 16.2 Å². The monoisotopic (exact) mass is 365 g/mol. The molecular weight excluding hydrogens is 334 g/mol. The molecule has 0 aliphatic rings.